The molecule has 0 aliphatic rings. The van der Waals surface area contributed by atoms with Crippen LogP contribution in [-0.2, 0) is 13.1 Å². The number of fused-ring (bicyclic) bond motifs is 2. The van der Waals surface area contributed by atoms with Crippen molar-refractivity contribution in [3.8, 4) is 28.5 Å². The van der Waals surface area contributed by atoms with E-state index in [4.69, 9.17) is 9.72 Å². The lowest BCUT2D eigenvalue weighted by Crippen LogP contribution is -2.23. The number of carbonyl (C=O) groups is 1. The largest absolute Gasteiger partial charge is 0.465 e. The van der Waals surface area contributed by atoms with Crippen LogP contribution in [-0.4, -0.2) is 42.7 Å². The van der Waals surface area contributed by atoms with Gasteiger partial charge >= 0.3 is 0 Å². The second-order valence-electron chi connectivity index (χ2n) is 10.4. The van der Waals surface area contributed by atoms with Crippen molar-refractivity contribution in [3.63, 3.8) is 0 Å². The number of rotatable bonds is 9. The number of tetrazole rings is 1. The van der Waals surface area contributed by atoms with E-state index < -0.39 is 0 Å². The highest BCUT2D eigenvalue weighted by atomic mass is 16.5. The molecule has 5 aromatic carbocycles. The molecule has 0 saturated carbocycles. The van der Waals surface area contributed by atoms with E-state index in [2.05, 4.69) is 68.4 Å². The van der Waals surface area contributed by atoms with E-state index in [0.29, 0.717) is 42.6 Å². The lowest BCUT2D eigenvalue weighted by Gasteiger charge is -2.13. The van der Waals surface area contributed by atoms with E-state index in [9.17, 15) is 4.79 Å². The van der Waals surface area contributed by atoms with Crippen LogP contribution in [0.2, 0.25) is 0 Å². The summed E-state index contributed by atoms with van der Waals surface area (Å²) in [5, 5.41) is 20.0. The minimum Gasteiger partial charge on any atom is -0.465 e. The quantitative estimate of drug-likeness (QED) is 0.204. The van der Waals surface area contributed by atoms with Crippen LogP contribution in [0, 0.1) is 0 Å². The van der Waals surface area contributed by atoms with Gasteiger partial charge in [0.15, 0.2) is 0 Å². The molecule has 0 atom stereocenters. The van der Waals surface area contributed by atoms with Crippen molar-refractivity contribution in [2.45, 2.75) is 20.0 Å². The fraction of sp³-hybridized carbons (Fsp3) is 0.114. The van der Waals surface area contributed by atoms with E-state index >= 15 is 0 Å². The molecule has 0 saturated heterocycles. The van der Waals surface area contributed by atoms with Crippen molar-refractivity contribution in [2.24, 2.45) is 0 Å². The highest BCUT2D eigenvalue weighted by molar-refractivity contribution is 6.05. The number of aromatic nitrogens is 6. The number of carbonyl (C=O) groups excluding carboxylic acids is 1. The number of benzene rings is 5. The fourth-order valence-electron chi connectivity index (χ4n) is 5.63. The Morgan fingerprint density at radius 3 is 2.45 bits per heavy atom. The SMILES string of the molecule is CCOc1nc2cccc(C(=O)NCc3cccc4ccccc34)c2n1Cc1ccc(-c2ccccc2-c2nn[nH]n2)cc1. The maximum Gasteiger partial charge on any atom is 0.297 e. The summed E-state index contributed by atoms with van der Waals surface area (Å²) in [5.41, 5.74) is 7.02. The number of ether oxygens (including phenoxy) is 1. The summed E-state index contributed by atoms with van der Waals surface area (Å²) >= 11 is 0. The zero-order valence-electron chi connectivity index (χ0n) is 24.1. The Hall–Kier alpha value is -5.83. The maximum absolute atomic E-state index is 13.7. The van der Waals surface area contributed by atoms with Crippen molar-refractivity contribution in [2.75, 3.05) is 6.61 Å². The molecule has 0 aliphatic heterocycles. The first kappa shape index (κ1) is 27.0. The minimum absolute atomic E-state index is 0.166. The molecule has 44 heavy (non-hydrogen) atoms. The average Bonchev–Trinajstić information content (AvgIpc) is 3.73. The Labute approximate surface area is 253 Å². The average molecular weight is 580 g/mol. The second-order valence-corrected chi connectivity index (χ2v) is 10.4. The molecule has 2 aromatic heterocycles. The van der Waals surface area contributed by atoms with Crippen LogP contribution in [0.4, 0.5) is 0 Å². The Morgan fingerprint density at radius 2 is 1.64 bits per heavy atom. The van der Waals surface area contributed by atoms with Crippen LogP contribution in [0.25, 0.3) is 44.3 Å². The molecule has 0 unspecified atom stereocenters. The molecule has 0 spiro atoms. The van der Waals surface area contributed by atoms with Crippen molar-refractivity contribution < 1.29 is 9.53 Å². The van der Waals surface area contributed by atoms with Crippen LogP contribution < -0.4 is 10.1 Å². The molecule has 7 aromatic rings. The molecule has 2 heterocycles. The van der Waals surface area contributed by atoms with Gasteiger partial charge in [0.1, 0.15) is 0 Å². The summed E-state index contributed by atoms with van der Waals surface area (Å²) in [7, 11) is 0. The Bertz CT molecular complexity index is 2080. The third-order valence-corrected chi connectivity index (χ3v) is 7.69. The highest BCUT2D eigenvalue weighted by Gasteiger charge is 2.20. The Kier molecular flexibility index (Phi) is 7.25. The first-order valence-corrected chi connectivity index (χ1v) is 14.5. The van der Waals surface area contributed by atoms with Gasteiger partial charge in [0.05, 0.1) is 29.7 Å². The predicted octanol–water partition coefficient (Wildman–Crippen LogP) is 6.41. The number of nitrogens with one attached hydrogen (secondary N) is 2. The van der Waals surface area contributed by atoms with Gasteiger partial charge < -0.3 is 10.1 Å². The van der Waals surface area contributed by atoms with Gasteiger partial charge in [-0.3, -0.25) is 9.36 Å². The van der Waals surface area contributed by atoms with Gasteiger partial charge in [-0.1, -0.05) is 97.1 Å². The lowest BCUT2D eigenvalue weighted by atomic mass is 9.98. The molecular formula is C35H29N7O2. The molecule has 7 rings (SSSR count). The molecule has 2 N–H and O–H groups in total. The van der Waals surface area contributed by atoms with Gasteiger partial charge in [-0.25, -0.2) is 0 Å². The molecule has 9 nitrogen and oxygen atoms in total. The van der Waals surface area contributed by atoms with Gasteiger partial charge in [0, 0.05) is 12.1 Å². The van der Waals surface area contributed by atoms with Crippen molar-refractivity contribution in [1.82, 2.24) is 35.5 Å². The standard InChI is InChI=1S/C35H29N7O2/c1-2-44-35-37-31-16-8-15-30(34(43)36-21-26-11-7-10-24-9-3-4-12-27(24)26)32(31)42(35)22-23-17-19-25(20-18-23)28-13-5-6-14-29(28)33-38-40-41-39-33/h3-20H,2,21-22H2,1H3,(H,36,43)(H,38,39,40,41). The first-order chi connectivity index (χ1) is 21.7. The zero-order valence-corrected chi connectivity index (χ0v) is 24.1. The van der Waals surface area contributed by atoms with Gasteiger partial charge in [0.25, 0.3) is 11.9 Å². The highest BCUT2D eigenvalue weighted by Crippen LogP contribution is 2.31. The van der Waals surface area contributed by atoms with E-state index in [0.717, 1.165) is 44.1 Å². The number of hydrogen-bond donors (Lipinski definition) is 2. The summed E-state index contributed by atoms with van der Waals surface area (Å²) < 4.78 is 7.93. The van der Waals surface area contributed by atoms with Crippen LogP contribution in [0.5, 0.6) is 6.01 Å². The topological polar surface area (TPSA) is 111 Å². The number of aromatic amines is 1. The first-order valence-electron chi connectivity index (χ1n) is 14.5. The van der Waals surface area contributed by atoms with Crippen LogP contribution in [0.15, 0.2) is 109 Å². The molecule has 0 fully saturated rings. The molecule has 0 aliphatic carbocycles. The monoisotopic (exact) mass is 579 g/mol. The molecule has 1 amide bonds. The minimum atomic E-state index is -0.166. The van der Waals surface area contributed by atoms with Crippen molar-refractivity contribution in [1.29, 1.82) is 0 Å². The number of para-hydroxylation sites is 1. The van der Waals surface area contributed by atoms with Crippen LogP contribution in [0.3, 0.4) is 0 Å². The fourth-order valence-corrected chi connectivity index (χ4v) is 5.63. The molecular weight excluding hydrogens is 550 g/mol. The smallest absolute Gasteiger partial charge is 0.297 e. The summed E-state index contributed by atoms with van der Waals surface area (Å²) in [6.07, 6.45) is 0. The van der Waals surface area contributed by atoms with E-state index in [1.165, 1.54) is 0 Å². The summed E-state index contributed by atoms with van der Waals surface area (Å²) in [6, 6.07) is 36.7. The summed E-state index contributed by atoms with van der Waals surface area (Å²) in [5.74, 6) is 0.378. The van der Waals surface area contributed by atoms with Crippen LogP contribution in [0.1, 0.15) is 28.4 Å². The van der Waals surface area contributed by atoms with Gasteiger partial charge in [-0.05, 0) is 57.3 Å². The van der Waals surface area contributed by atoms with E-state index in [1.807, 2.05) is 78.2 Å². The zero-order chi connectivity index (χ0) is 29.9. The predicted molar refractivity (Wildman–Crippen MR) is 170 cm³/mol. The van der Waals surface area contributed by atoms with E-state index in [-0.39, 0.29) is 5.91 Å². The lowest BCUT2D eigenvalue weighted by molar-refractivity contribution is 0.0952. The number of nitrogens with zero attached hydrogens (tertiary/aromatic N) is 5. The van der Waals surface area contributed by atoms with Gasteiger partial charge in [0.2, 0.25) is 5.82 Å². The number of imidazole rings is 1. The summed E-state index contributed by atoms with van der Waals surface area (Å²) in [6.45, 7) is 3.28. The van der Waals surface area contributed by atoms with Gasteiger partial charge in [-0.2, -0.15) is 10.2 Å². The number of H-pyrrole nitrogens is 1. The maximum atomic E-state index is 13.7. The van der Waals surface area contributed by atoms with Gasteiger partial charge in [-0.15, -0.1) is 10.2 Å². The third kappa shape index (κ3) is 5.15. The molecule has 0 radical (unpaired) electrons. The Morgan fingerprint density at radius 1 is 0.864 bits per heavy atom. The van der Waals surface area contributed by atoms with Crippen molar-refractivity contribution >= 4 is 27.7 Å². The third-order valence-electron chi connectivity index (χ3n) is 7.69. The summed E-state index contributed by atoms with van der Waals surface area (Å²) in [4.78, 5) is 18.4. The van der Waals surface area contributed by atoms with E-state index in [1.54, 1.807) is 0 Å². The molecule has 0 bridgehead atoms. The number of amides is 1. The molecule has 9 heteroatoms. The Balaban J connectivity index is 1.19. The van der Waals surface area contributed by atoms with Crippen molar-refractivity contribution in [3.05, 3.63) is 126 Å². The molecule has 216 valence electrons. The second kappa shape index (κ2) is 11.8. The normalized spacial score (nSPS) is 11.2. The van der Waals surface area contributed by atoms with Crippen LogP contribution >= 0.6 is 0 Å². The number of hydrogen-bond acceptors (Lipinski definition) is 6.